The summed E-state index contributed by atoms with van der Waals surface area (Å²) in [6.07, 6.45) is 9.06. The number of anilines is 2. The van der Waals surface area contributed by atoms with Crippen molar-refractivity contribution in [1.82, 2.24) is 19.4 Å². The fraction of sp³-hybridized carbons (Fsp3) is 0.455. The maximum Gasteiger partial charge on any atom is 0.256 e. The van der Waals surface area contributed by atoms with Crippen LogP contribution in [-0.2, 0) is 0 Å². The number of rotatable bonds is 2. The largest absolute Gasteiger partial charge is 0.353 e. The van der Waals surface area contributed by atoms with Gasteiger partial charge in [-0.1, -0.05) is 18.2 Å². The van der Waals surface area contributed by atoms with Gasteiger partial charge in [0.2, 0.25) is 11.9 Å². The van der Waals surface area contributed by atoms with E-state index in [2.05, 4.69) is 37.2 Å². The van der Waals surface area contributed by atoms with Crippen molar-refractivity contribution in [3.8, 4) is 0 Å². The number of piperazine rings is 1. The van der Waals surface area contributed by atoms with Crippen molar-refractivity contribution in [1.29, 1.82) is 0 Å². The summed E-state index contributed by atoms with van der Waals surface area (Å²) in [4.78, 5) is 31.5. The highest BCUT2D eigenvalue weighted by Gasteiger charge is 2.32. The number of hydrogen-bond donors (Lipinski definition) is 1. The molecule has 0 radical (unpaired) electrons. The summed E-state index contributed by atoms with van der Waals surface area (Å²) in [5, 5.41) is 3.35. The van der Waals surface area contributed by atoms with E-state index in [1.807, 2.05) is 31.3 Å². The maximum absolute atomic E-state index is 12.8. The average molecular weight is 406 g/mol. The molecule has 3 aliphatic rings. The summed E-state index contributed by atoms with van der Waals surface area (Å²) in [5.41, 5.74) is 0.689. The van der Waals surface area contributed by atoms with Gasteiger partial charge in [0, 0.05) is 50.1 Å². The highest BCUT2D eigenvalue weighted by Crippen LogP contribution is 2.34. The smallest absolute Gasteiger partial charge is 0.256 e. The molecule has 2 atom stereocenters. The van der Waals surface area contributed by atoms with Gasteiger partial charge in [0.15, 0.2) is 0 Å². The zero-order valence-electron chi connectivity index (χ0n) is 17.2. The summed E-state index contributed by atoms with van der Waals surface area (Å²) in [6, 6.07) is 7.61. The van der Waals surface area contributed by atoms with E-state index in [4.69, 9.17) is 4.99 Å². The minimum absolute atomic E-state index is 0.0349. The first kappa shape index (κ1) is 18.8. The van der Waals surface area contributed by atoms with Crippen molar-refractivity contribution in [2.24, 2.45) is 10.9 Å². The number of nitrogens with one attached hydrogen (secondary N) is 1. The van der Waals surface area contributed by atoms with Gasteiger partial charge < -0.3 is 9.80 Å². The van der Waals surface area contributed by atoms with Gasteiger partial charge in [0.25, 0.3) is 5.56 Å². The van der Waals surface area contributed by atoms with E-state index in [1.54, 1.807) is 10.6 Å². The second kappa shape index (κ2) is 7.93. The van der Waals surface area contributed by atoms with E-state index in [9.17, 15) is 4.79 Å². The van der Waals surface area contributed by atoms with E-state index >= 15 is 0 Å². The zero-order chi connectivity index (χ0) is 20.5. The third kappa shape index (κ3) is 3.58. The lowest BCUT2D eigenvalue weighted by atomic mass is 9.91. The molecule has 2 aliphatic heterocycles. The first-order valence-electron chi connectivity index (χ1n) is 10.7. The Morgan fingerprint density at radius 1 is 1.10 bits per heavy atom. The molecule has 0 spiro atoms. The van der Waals surface area contributed by atoms with E-state index in [0.717, 1.165) is 62.9 Å². The first-order chi connectivity index (χ1) is 14.7. The monoisotopic (exact) mass is 405 g/mol. The molecule has 0 amide bonds. The Kier molecular flexibility index (Phi) is 4.98. The van der Waals surface area contributed by atoms with Crippen molar-refractivity contribution in [2.75, 3.05) is 36.4 Å². The van der Waals surface area contributed by atoms with Crippen LogP contribution >= 0.6 is 0 Å². The number of allylic oxidation sites excluding steroid dienone is 2. The van der Waals surface area contributed by atoms with Gasteiger partial charge in [-0.25, -0.2) is 15.0 Å². The second-order valence-electron chi connectivity index (χ2n) is 8.13. The lowest BCUT2D eigenvalue weighted by Gasteiger charge is -2.40. The van der Waals surface area contributed by atoms with Crippen LogP contribution in [0.4, 0.5) is 11.8 Å². The molecular formula is C22H27N7O. The molecule has 1 fully saturated rings. The van der Waals surface area contributed by atoms with Crippen LogP contribution in [0.3, 0.4) is 0 Å². The second-order valence-corrected chi connectivity index (χ2v) is 8.13. The Morgan fingerprint density at radius 2 is 1.93 bits per heavy atom. The van der Waals surface area contributed by atoms with Crippen LogP contribution in [0.2, 0.25) is 0 Å². The van der Waals surface area contributed by atoms with E-state index in [0.29, 0.717) is 11.9 Å². The minimum Gasteiger partial charge on any atom is -0.353 e. The molecular weight excluding hydrogens is 378 g/mol. The summed E-state index contributed by atoms with van der Waals surface area (Å²) >= 11 is 0. The molecule has 0 unspecified atom stereocenters. The van der Waals surface area contributed by atoms with Crippen molar-refractivity contribution in [2.45, 2.75) is 32.4 Å². The SMILES string of the molecule is Cc1cc(=O)n2c(n1)NC(N1CCN(c3ccccn3)CC1)=N[C@@H]2[C@@H]1CC=CCC1. The Morgan fingerprint density at radius 3 is 2.67 bits per heavy atom. The van der Waals surface area contributed by atoms with E-state index in [1.165, 1.54) is 0 Å². The Labute approximate surface area is 176 Å². The van der Waals surface area contributed by atoms with Gasteiger partial charge in [-0.2, -0.15) is 0 Å². The Hall–Kier alpha value is -3.16. The number of aryl methyl sites for hydroxylation is 1. The van der Waals surface area contributed by atoms with Gasteiger partial charge in [0.1, 0.15) is 12.0 Å². The minimum atomic E-state index is -0.212. The topological polar surface area (TPSA) is 78.7 Å². The normalized spacial score (nSPS) is 23.6. The summed E-state index contributed by atoms with van der Waals surface area (Å²) < 4.78 is 1.74. The molecule has 4 heterocycles. The number of aliphatic imine (C=N–C) groups is 1. The molecule has 8 nitrogen and oxygen atoms in total. The number of nitrogens with zero attached hydrogens (tertiary/aromatic N) is 6. The molecule has 30 heavy (non-hydrogen) atoms. The van der Waals surface area contributed by atoms with Crippen LogP contribution in [0.1, 0.15) is 31.1 Å². The van der Waals surface area contributed by atoms with Crippen LogP contribution in [-0.4, -0.2) is 51.6 Å². The maximum atomic E-state index is 12.8. The molecule has 8 heteroatoms. The van der Waals surface area contributed by atoms with Gasteiger partial charge in [0.05, 0.1) is 0 Å². The fourth-order valence-corrected chi connectivity index (χ4v) is 4.52. The third-order valence-electron chi connectivity index (χ3n) is 6.11. The Bertz CT molecular complexity index is 1020. The van der Waals surface area contributed by atoms with Crippen LogP contribution < -0.4 is 15.8 Å². The van der Waals surface area contributed by atoms with Gasteiger partial charge in [-0.15, -0.1) is 0 Å². The van der Waals surface area contributed by atoms with Crippen LogP contribution in [0.25, 0.3) is 0 Å². The molecule has 156 valence electrons. The van der Waals surface area contributed by atoms with Crippen molar-refractivity contribution in [3.05, 3.63) is 58.7 Å². The van der Waals surface area contributed by atoms with Crippen molar-refractivity contribution >= 4 is 17.7 Å². The van der Waals surface area contributed by atoms with Gasteiger partial charge >= 0.3 is 0 Å². The van der Waals surface area contributed by atoms with Crippen molar-refractivity contribution < 1.29 is 0 Å². The zero-order valence-corrected chi connectivity index (χ0v) is 17.2. The van der Waals surface area contributed by atoms with E-state index in [-0.39, 0.29) is 11.7 Å². The fourth-order valence-electron chi connectivity index (χ4n) is 4.52. The van der Waals surface area contributed by atoms with E-state index < -0.39 is 0 Å². The van der Waals surface area contributed by atoms with Crippen molar-refractivity contribution in [3.63, 3.8) is 0 Å². The highest BCUT2D eigenvalue weighted by molar-refractivity contribution is 5.93. The first-order valence-corrected chi connectivity index (χ1v) is 10.7. The molecule has 0 saturated carbocycles. The van der Waals surface area contributed by atoms with Gasteiger partial charge in [-0.05, 0) is 38.3 Å². The predicted octanol–water partition coefficient (Wildman–Crippen LogP) is 2.41. The lowest BCUT2D eigenvalue weighted by Crippen LogP contribution is -2.53. The number of hydrogen-bond acceptors (Lipinski definition) is 7. The summed E-state index contributed by atoms with van der Waals surface area (Å²) in [7, 11) is 0. The van der Waals surface area contributed by atoms with Crippen LogP contribution in [0.15, 0.2) is 52.4 Å². The van der Waals surface area contributed by atoms with Gasteiger partial charge in [-0.3, -0.25) is 14.7 Å². The molecule has 1 N–H and O–H groups in total. The molecule has 2 aromatic heterocycles. The molecule has 1 aliphatic carbocycles. The number of fused-ring (bicyclic) bond motifs is 1. The number of guanidine groups is 1. The van der Waals surface area contributed by atoms with Crippen LogP contribution in [0, 0.1) is 12.8 Å². The quantitative estimate of drug-likeness (QED) is 0.773. The molecule has 5 rings (SSSR count). The predicted molar refractivity (Wildman–Crippen MR) is 118 cm³/mol. The average Bonchev–Trinajstić information content (AvgIpc) is 2.79. The molecule has 0 aromatic carbocycles. The number of aromatic nitrogens is 3. The molecule has 2 aromatic rings. The van der Waals surface area contributed by atoms with Crippen LogP contribution in [0.5, 0.6) is 0 Å². The molecule has 0 bridgehead atoms. The Balaban J connectivity index is 1.40. The highest BCUT2D eigenvalue weighted by atomic mass is 16.1. The number of pyridine rings is 1. The summed E-state index contributed by atoms with van der Waals surface area (Å²) in [5.74, 6) is 2.75. The summed E-state index contributed by atoms with van der Waals surface area (Å²) in [6.45, 7) is 5.30. The lowest BCUT2D eigenvalue weighted by molar-refractivity contribution is 0.296. The molecule has 1 saturated heterocycles. The standard InChI is InChI=1S/C22H27N7O/c1-16-15-19(30)29-20(17-7-3-2-4-8-17)25-21(26-22(29)24-16)28-13-11-27(12-14-28)18-9-5-6-10-23-18/h2-3,5-6,9-10,15,17,20H,4,7-8,11-14H2,1H3,(H,24,25,26)/t17-,20+/m1/s1. The third-order valence-corrected chi connectivity index (χ3v) is 6.11.